The summed E-state index contributed by atoms with van der Waals surface area (Å²) in [6.07, 6.45) is 2.51. The number of rotatable bonds is 5. The van der Waals surface area contributed by atoms with E-state index in [4.69, 9.17) is 0 Å². The predicted molar refractivity (Wildman–Crippen MR) is 70.3 cm³/mol. The van der Waals surface area contributed by atoms with Crippen LogP contribution in [0.25, 0.3) is 0 Å². The molecule has 4 nitrogen and oxygen atoms in total. The molecule has 17 heavy (non-hydrogen) atoms. The van der Waals surface area contributed by atoms with E-state index in [0.717, 1.165) is 18.8 Å². The third kappa shape index (κ3) is 2.56. The van der Waals surface area contributed by atoms with Crippen LogP contribution in [-0.2, 0) is 13.0 Å². The van der Waals surface area contributed by atoms with Crippen molar-refractivity contribution in [3.8, 4) is 0 Å². The molecule has 1 unspecified atom stereocenters. The minimum absolute atomic E-state index is 0.324. The first kappa shape index (κ1) is 12.3. The van der Waals surface area contributed by atoms with Crippen molar-refractivity contribution in [2.75, 3.05) is 7.05 Å². The first-order chi connectivity index (χ1) is 8.26. The SMILES string of the molecule is CCn1ncnc1CC(NC)c1sccc1C. The average molecular weight is 250 g/mol. The molecular weight excluding hydrogens is 232 g/mol. The lowest BCUT2D eigenvalue weighted by molar-refractivity contribution is 0.538. The summed E-state index contributed by atoms with van der Waals surface area (Å²) < 4.78 is 1.95. The van der Waals surface area contributed by atoms with Gasteiger partial charge in [-0.25, -0.2) is 4.98 Å². The highest BCUT2D eigenvalue weighted by Crippen LogP contribution is 2.25. The molecule has 2 aromatic rings. The average Bonchev–Trinajstić information content (AvgIpc) is 2.94. The van der Waals surface area contributed by atoms with Crippen molar-refractivity contribution in [1.29, 1.82) is 0 Å². The molecule has 1 atom stereocenters. The molecule has 0 saturated carbocycles. The third-order valence-corrected chi connectivity index (χ3v) is 4.08. The van der Waals surface area contributed by atoms with Crippen LogP contribution < -0.4 is 5.32 Å². The maximum absolute atomic E-state index is 4.33. The van der Waals surface area contributed by atoms with Gasteiger partial charge in [0.2, 0.25) is 0 Å². The number of likely N-dealkylation sites (N-methyl/N-ethyl adjacent to an activating group) is 1. The van der Waals surface area contributed by atoms with Crippen LogP contribution in [0, 0.1) is 6.92 Å². The summed E-state index contributed by atoms with van der Waals surface area (Å²) in [5.74, 6) is 1.04. The van der Waals surface area contributed by atoms with Gasteiger partial charge in [0.25, 0.3) is 0 Å². The Hall–Kier alpha value is -1.20. The van der Waals surface area contributed by atoms with Crippen molar-refractivity contribution in [3.05, 3.63) is 34.0 Å². The van der Waals surface area contributed by atoms with Gasteiger partial charge in [-0.15, -0.1) is 11.3 Å². The Bertz CT molecular complexity index is 474. The topological polar surface area (TPSA) is 42.7 Å². The molecule has 0 aliphatic rings. The first-order valence-electron chi connectivity index (χ1n) is 5.84. The van der Waals surface area contributed by atoms with Crippen molar-refractivity contribution >= 4 is 11.3 Å². The Morgan fingerprint density at radius 2 is 2.35 bits per heavy atom. The molecule has 5 heteroatoms. The molecule has 2 heterocycles. The van der Waals surface area contributed by atoms with E-state index in [1.165, 1.54) is 10.4 Å². The Balaban J connectivity index is 2.19. The summed E-state index contributed by atoms with van der Waals surface area (Å²) in [7, 11) is 2.00. The highest BCUT2D eigenvalue weighted by Gasteiger charge is 2.16. The number of hydrogen-bond acceptors (Lipinski definition) is 4. The fourth-order valence-corrected chi connectivity index (χ4v) is 3.00. The van der Waals surface area contributed by atoms with Crippen molar-refractivity contribution in [2.45, 2.75) is 32.9 Å². The Kier molecular flexibility index (Phi) is 3.91. The smallest absolute Gasteiger partial charge is 0.138 e. The Morgan fingerprint density at radius 1 is 1.53 bits per heavy atom. The minimum atomic E-state index is 0.324. The quantitative estimate of drug-likeness (QED) is 0.884. The van der Waals surface area contributed by atoms with Gasteiger partial charge < -0.3 is 5.32 Å². The van der Waals surface area contributed by atoms with Crippen LogP contribution in [0.1, 0.15) is 29.2 Å². The van der Waals surface area contributed by atoms with Gasteiger partial charge in [0.1, 0.15) is 12.2 Å². The Morgan fingerprint density at radius 3 is 2.94 bits per heavy atom. The largest absolute Gasteiger partial charge is 0.312 e. The normalized spacial score (nSPS) is 12.9. The molecule has 0 radical (unpaired) electrons. The van der Waals surface area contributed by atoms with E-state index < -0.39 is 0 Å². The summed E-state index contributed by atoms with van der Waals surface area (Å²) in [5, 5.41) is 9.71. The number of nitrogens with one attached hydrogen (secondary N) is 1. The van der Waals surface area contributed by atoms with Gasteiger partial charge in [0.15, 0.2) is 0 Å². The van der Waals surface area contributed by atoms with E-state index >= 15 is 0 Å². The van der Waals surface area contributed by atoms with Gasteiger partial charge in [-0.05, 0) is 37.9 Å². The van der Waals surface area contributed by atoms with Crippen LogP contribution >= 0.6 is 11.3 Å². The summed E-state index contributed by atoms with van der Waals surface area (Å²) in [4.78, 5) is 5.72. The maximum Gasteiger partial charge on any atom is 0.138 e. The van der Waals surface area contributed by atoms with Gasteiger partial charge in [-0.2, -0.15) is 5.10 Å². The van der Waals surface area contributed by atoms with Crippen LogP contribution in [0.5, 0.6) is 0 Å². The molecule has 0 bridgehead atoms. The fourth-order valence-electron chi connectivity index (χ4n) is 1.96. The van der Waals surface area contributed by atoms with Crippen LogP contribution in [0.3, 0.4) is 0 Å². The second kappa shape index (κ2) is 5.42. The van der Waals surface area contributed by atoms with E-state index in [0.29, 0.717) is 6.04 Å². The molecule has 0 aliphatic heterocycles. The standard InChI is InChI=1S/C12H18N4S/c1-4-16-11(14-8-15-16)7-10(13-3)12-9(2)5-6-17-12/h5-6,8,10,13H,4,7H2,1-3H3. The zero-order valence-corrected chi connectivity index (χ0v) is 11.3. The molecular formula is C12H18N4S. The van der Waals surface area contributed by atoms with Crippen molar-refractivity contribution in [3.63, 3.8) is 0 Å². The molecule has 0 aliphatic carbocycles. The number of hydrogen-bond donors (Lipinski definition) is 1. The molecule has 0 saturated heterocycles. The van der Waals surface area contributed by atoms with Gasteiger partial charge in [0, 0.05) is 23.9 Å². The molecule has 92 valence electrons. The third-order valence-electron chi connectivity index (χ3n) is 2.95. The second-order valence-corrected chi connectivity index (χ2v) is 4.95. The van der Waals surface area contributed by atoms with Gasteiger partial charge in [0.05, 0.1) is 0 Å². The van der Waals surface area contributed by atoms with Gasteiger partial charge in [-0.3, -0.25) is 4.68 Å². The number of thiophene rings is 1. The summed E-state index contributed by atoms with van der Waals surface area (Å²) in [5.41, 5.74) is 1.34. The highest BCUT2D eigenvalue weighted by atomic mass is 32.1. The molecule has 2 aromatic heterocycles. The molecule has 0 aromatic carbocycles. The highest BCUT2D eigenvalue weighted by molar-refractivity contribution is 7.10. The van der Waals surface area contributed by atoms with Crippen LogP contribution in [0.15, 0.2) is 17.8 Å². The van der Waals surface area contributed by atoms with Crippen molar-refractivity contribution in [2.24, 2.45) is 0 Å². The zero-order valence-electron chi connectivity index (χ0n) is 10.5. The molecule has 0 amide bonds. The maximum atomic E-state index is 4.33. The van der Waals surface area contributed by atoms with E-state index in [1.807, 2.05) is 11.7 Å². The lowest BCUT2D eigenvalue weighted by Crippen LogP contribution is -2.20. The van der Waals surface area contributed by atoms with E-state index in [2.05, 4.69) is 40.7 Å². The van der Waals surface area contributed by atoms with Crippen LogP contribution in [0.4, 0.5) is 0 Å². The monoisotopic (exact) mass is 250 g/mol. The van der Waals surface area contributed by atoms with Crippen LogP contribution in [-0.4, -0.2) is 21.8 Å². The fraction of sp³-hybridized carbons (Fsp3) is 0.500. The summed E-state index contributed by atoms with van der Waals surface area (Å²) >= 11 is 1.80. The number of aromatic nitrogens is 3. The Labute approximate surface area is 106 Å². The predicted octanol–water partition coefficient (Wildman–Crippen LogP) is 2.17. The molecule has 1 N–H and O–H groups in total. The van der Waals surface area contributed by atoms with Gasteiger partial charge in [-0.1, -0.05) is 0 Å². The zero-order chi connectivity index (χ0) is 12.3. The van der Waals surface area contributed by atoms with Gasteiger partial charge >= 0.3 is 0 Å². The molecule has 0 fully saturated rings. The lowest BCUT2D eigenvalue weighted by Gasteiger charge is -2.15. The molecule has 0 spiro atoms. The number of nitrogens with zero attached hydrogens (tertiary/aromatic N) is 3. The van der Waals surface area contributed by atoms with Crippen LogP contribution in [0.2, 0.25) is 0 Å². The van der Waals surface area contributed by atoms with E-state index in [1.54, 1.807) is 17.7 Å². The second-order valence-electron chi connectivity index (χ2n) is 4.01. The van der Waals surface area contributed by atoms with Crippen molar-refractivity contribution in [1.82, 2.24) is 20.1 Å². The van der Waals surface area contributed by atoms with Crippen molar-refractivity contribution < 1.29 is 0 Å². The van der Waals surface area contributed by atoms with E-state index in [9.17, 15) is 0 Å². The number of aryl methyl sites for hydroxylation is 2. The minimum Gasteiger partial charge on any atom is -0.312 e. The summed E-state index contributed by atoms with van der Waals surface area (Å²) in [6, 6.07) is 2.49. The lowest BCUT2D eigenvalue weighted by atomic mass is 10.1. The summed E-state index contributed by atoms with van der Waals surface area (Å²) in [6.45, 7) is 5.11. The van der Waals surface area contributed by atoms with E-state index in [-0.39, 0.29) is 0 Å². The first-order valence-corrected chi connectivity index (χ1v) is 6.72. The molecule has 2 rings (SSSR count).